The fraction of sp³-hybridized carbons (Fsp3) is 0.163. The number of nitrogens with zero attached hydrogens (tertiary/aromatic N) is 4. The Bertz CT molecular complexity index is 2550. The molecular formula is C49H44N4O. The summed E-state index contributed by atoms with van der Waals surface area (Å²) in [5.74, 6) is 0.892. The van der Waals surface area contributed by atoms with Gasteiger partial charge in [0.2, 0.25) is 0 Å². The standard InChI is InChI=1S/C49H44N4O/c1-48(2,3)37-28-39(46(54)41(29-37)49(4,5)6)47-52-45-40(30-50-31-44(45)53(47)43-23-14-13-21-38(43)33-19-11-8-12-20-33)35-25-34(32-17-9-7-10-18-32)26-36(27-35)42-22-15-16-24-51-42/h7-31,54H,1-6H3. The number of aromatic hydroxyl groups is 1. The van der Waals surface area contributed by atoms with Crippen molar-refractivity contribution in [2.75, 3.05) is 0 Å². The molecule has 5 nitrogen and oxygen atoms in total. The van der Waals surface area contributed by atoms with E-state index in [0.717, 1.165) is 72.5 Å². The second-order valence-electron chi connectivity index (χ2n) is 16.0. The van der Waals surface area contributed by atoms with E-state index in [2.05, 4.69) is 149 Å². The third-order valence-electron chi connectivity index (χ3n) is 10.1. The van der Waals surface area contributed by atoms with Crippen molar-refractivity contribution in [2.24, 2.45) is 0 Å². The monoisotopic (exact) mass is 704 g/mol. The molecule has 0 spiro atoms. The van der Waals surface area contributed by atoms with Gasteiger partial charge < -0.3 is 5.11 Å². The normalized spacial score (nSPS) is 12.0. The van der Waals surface area contributed by atoms with Gasteiger partial charge in [0, 0.05) is 34.6 Å². The van der Waals surface area contributed by atoms with Gasteiger partial charge in [-0.25, -0.2) is 4.98 Å². The van der Waals surface area contributed by atoms with Gasteiger partial charge in [-0.05, 0) is 81.1 Å². The third-order valence-corrected chi connectivity index (χ3v) is 10.1. The number of benzene rings is 5. The number of pyridine rings is 2. The van der Waals surface area contributed by atoms with Gasteiger partial charge in [-0.2, -0.15) is 0 Å². The van der Waals surface area contributed by atoms with Crippen LogP contribution in [0.1, 0.15) is 52.7 Å². The molecule has 0 saturated carbocycles. The molecule has 0 radical (unpaired) electrons. The minimum absolute atomic E-state index is 0.173. The zero-order valence-corrected chi connectivity index (χ0v) is 31.7. The SMILES string of the molecule is CC(C)(C)c1cc(-c2nc3c(-c4cc(-c5ccccc5)cc(-c5ccccn5)c4)cncc3n2-c2ccccc2-c2ccccc2)c(O)c(C(C)(C)C)c1. The van der Waals surface area contributed by atoms with E-state index in [1.165, 1.54) is 0 Å². The zero-order chi connectivity index (χ0) is 37.6. The molecule has 54 heavy (non-hydrogen) atoms. The Balaban J connectivity index is 1.47. The minimum atomic E-state index is -0.314. The van der Waals surface area contributed by atoms with Gasteiger partial charge in [-0.3, -0.25) is 14.5 Å². The number of imidazole rings is 1. The molecular weight excluding hydrogens is 661 g/mol. The number of phenolic OH excluding ortho intramolecular Hbond substituents is 1. The number of phenols is 1. The highest BCUT2D eigenvalue weighted by molar-refractivity contribution is 5.97. The molecule has 0 fully saturated rings. The maximum absolute atomic E-state index is 12.3. The third kappa shape index (κ3) is 6.47. The summed E-state index contributed by atoms with van der Waals surface area (Å²) < 4.78 is 2.18. The summed E-state index contributed by atoms with van der Waals surface area (Å²) in [6.45, 7) is 13.1. The second-order valence-corrected chi connectivity index (χ2v) is 16.0. The van der Waals surface area contributed by atoms with Gasteiger partial charge in [0.1, 0.15) is 17.1 Å². The highest BCUT2D eigenvalue weighted by atomic mass is 16.3. The lowest BCUT2D eigenvalue weighted by molar-refractivity contribution is 0.446. The second kappa shape index (κ2) is 13.6. The average Bonchev–Trinajstić information content (AvgIpc) is 3.57. The first-order valence-corrected chi connectivity index (χ1v) is 18.5. The number of fused-ring (bicyclic) bond motifs is 1. The first kappa shape index (κ1) is 34.7. The highest BCUT2D eigenvalue weighted by Crippen LogP contribution is 2.45. The van der Waals surface area contributed by atoms with E-state index in [4.69, 9.17) is 15.0 Å². The van der Waals surface area contributed by atoms with E-state index in [-0.39, 0.29) is 16.6 Å². The first-order valence-electron chi connectivity index (χ1n) is 18.5. The van der Waals surface area contributed by atoms with E-state index in [1.54, 1.807) is 0 Å². The largest absolute Gasteiger partial charge is 0.507 e. The molecule has 5 aromatic carbocycles. The summed E-state index contributed by atoms with van der Waals surface area (Å²) in [4.78, 5) is 15.1. The summed E-state index contributed by atoms with van der Waals surface area (Å²) >= 11 is 0. The predicted octanol–water partition coefficient (Wildman–Crippen LogP) is 12.5. The number of hydrogen-bond donors (Lipinski definition) is 1. The van der Waals surface area contributed by atoms with Crippen LogP contribution in [0.5, 0.6) is 5.75 Å². The van der Waals surface area contributed by atoms with Crippen molar-refractivity contribution in [1.29, 1.82) is 0 Å². The van der Waals surface area contributed by atoms with E-state index >= 15 is 0 Å². The molecule has 0 unspecified atom stereocenters. The Hall–Kier alpha value is -6.33. The molecule has 0 aliphatic rings. The molecule has 0 aliphatic carbocycles. The summed E-state index contributed by atoms with van der Waals surface area (Å²) in [5, 5.41) is 12.3. The number of para-hydroxylation sites is 1. The van der Waals surface area contributed by atoms with Crippen molar-refractivity contribution < 1.29 is 5.11 Å². The number of rotatable bonds is 6. The molecule has 3 aromatic heterocycles. The minimum Gasteiger partial charge on any atom is -0.507 e. The smallest absolute Gasteiger partial charge is 0.149 e. The lowest BCUT2D eigenvalue weighted by Gasteiger charge is -2.27. The van der Waals surface area contributed by atoms with Gasteiger partial charge in [0.15, 0.2) is 0 Å². The fourth-order valence-corrected chi connectivity index (χ4v) is 7.23. The average molecular weight is 705 g/mol. The molecule has 0 aliphatic heterocycles. The maximum atomic E-state index is 12.3. The molecule has 0 amide bonds. The Morgan fingerprint density at radius 1 is 0.537 bits per heavy atom. The maximum Gasteiger partial charge on any atom is 0.149 e. The summed E-state index contributed by atoms with van der Waals surface area (Å²) in [5.41, 5.74) is 12.9. The lowest BCUT2D eigenvalue weighted by Crippen LogP contribution is -2.17. The van der Waals surface area contributed by atoms with Crippen LogP contribution in [0.15, 0.2) is 152 Å². The quantitative estimate of drug-likeness (QED) is 0.187. The van der Waals surface area contributed by atoms with Crippen molar-refractivity contribution in [2.45, 2.75) is 52.4 Å². The van der Waals surface area contributed by atoms with Gasteiger partial charge in [0.05, 0.1) is 28.7 Å². The summed E-state index contributed by atoms with van der Waals surface area (Å²) in [6.07, 6.45) is 5.63. The van der Waals surface area contributed by atoms with Crippen molar-refractivity contribution in [3.05, 3.63) is 163 Å². The lowest BCUT2D eigenvalue weighted by atomic mass is 9.79. The summed E-state index contributed by atoms with van der Waals surface area (Å²) in [6, 6.07) is 46.1. The molecule has 8 rings (SSSR count). The van der Waals surface area contributed by atoms with Crippen LogP contribution in [0.2, 0.25) is 0 Å². The molecule has 0 saturated heterocycles. The van der Waals surface area contributed by atoms with Crippen LogP contribution < -0.4 is 0 Å². The van der Waals surface area contributed by atoms with Crippen LogP contribution in [0.3, 0.4) is 0 Å². The van der Waals surface area contributed by atoms with Crippen LogP contribution in [0.25, 0.3) is 72.7 Å². The first-order chi connectivity index (χ1) is 26.0. The summed E-state index contributed by atoms with van der Waals surface area (Å²) in [7, 11) is 0. The molecule has 0 atom stereocenters. The van der Waals surface area contributed by atoms with E-state index < -0.39 is 0 Å². The Morgan fingerprint density at radius 2 is 1.19 bits per heavy atom. The Kier molecular flexibility index (Phi) is 8.74. The van der Waals surface area contributed by atoms with E-state index in [9.17, 15) is 5.11 Å². The zero-order valence-electron chi connectivity index (χ0n) is 31.7. The van der Waals surface area contributed by atoms with E-state index in [1.807, 2.05) is 48.9 Å². The van der Waals surface area contributed by atoms with Gasteiger partial charge in [0.25, 0.3) is 0 Å². The van der Waals surface area contributed by atoms with Gasteiger partial charge in [-0.15, -0.1) is 0 Å². The molecule has 266 valence electrons. The molecule has 8 aromatic rings. The van der Waals surface area contributed by atoms with Crippen LogP contribution in [0, 0.1) is 0 Å². The molecule has 5 heteroatoms. The van der Waals surface area contributed by atoms with Crippen molar-refractivity contribution in [3.63, 3.8) is 0 Å². The van der Waals surface area contributed by atoms with E-state index in [0.29, 0.717) is 11.4 Å². The number of hydrogen-bond acceptors (Lipinski definition) is 4. The molecule has 1 N–H and O–H groups in total. The molecule has 3 heterocycles. The fourth-order valence-electron chi connectivity index (χ4n) is 7.23. The van der Waals surface area contributed by atoms with Crippen LogP contribution >= 0.6 is 0 Å². The van der Waals surface area contributed by atoms with Gasteiger partial charge >= 0.3 is 0 Å². The molecule has 0 bridgehead atoms. The van der Waals surface area contributed by atoms with Crippen molar-refractivity contribution in [3.8, 4) is 67.5 Å². The Morgan fingerprint density at radius 3 is 1.87 bits per heavy atom. The topological polar surface area (TPSA) is 63.8 Å². The highest BCUT2D eigenvalue weighted by Gasteiger charge is 2.29. The van der Waals surface area contributed by atoms with Gasteiger partial charge in [-0.1, -0.05) is 133 Å². The van der Waals surface area contributed by atoms with Crippen molar-refractivity contribution in [1.82, 2.24) is 19.5 Å². The van der Waals surface area contributed by atoms with Crippen LogP contribution in [-0.2, 0) is 10.8 Å². The van der Waals surface area contributed by atoms with Crippen molar-refractivity contribution >= 4 is 11.0 Å². The van der Waals surface area contributed by atoms with Crippen LogP contribution in [-0.4, -0.2) is 24.6 Å². The van der Waals surface area contributed by atoms with Crippen LogP contribution in [0.4, 0.5) is 0 Å². The predicted molar refractivity (Wildman–Crippen MR) is 223 cm³/mol. The Labute approximate surface area is 317 Å². The number of aromatic nitrogens is 4.